The molecule has 2 rings (SSSR count). The van der Waals surface area contributed by atoms with Gasteiger partial charge in [-0.1, -0.05) is 5.16 Å². The van der Waals surface area contributed by atoms with Gasteiger partial charge in [-0.05, 0) is 31.9 Å². The van der Waals surface area contributed by atoms with Gasteiger partial charge in [-0.2, -0.15) is 0 Å². The number of piperidine rings is 1. The van der Waals surface area contributed by atoms with E-state index in [0.29, 0.717) is 18.7 Å². The predicted octanol–water partition coefficient (Wildman–Crippen LogP) is 0.989. The zero-order valence-corrected chi connectivity index (χ0v) is 10.9. The van der Waals surface area contributed by atoms with Crippen LogP contribution >= 0.6 is 0 Å². The molecule has 0 unspecified atom stereocenters. The van der Waals surface area contributed by atoms with E-state index in [9.17, 15) is 4.79 Å². The lowest BCUT2D eigenvalue weighted by atomic mass is 9.95. The summed E-state index contributed by atoms with van der Waals surface area (Å²) in [6, 6.07) is 3.52. The average molecular weight is 262 g/mol. The number of likely N-dealkylation sites (tertiary alicyclic amines) is 1. The number of carbonyl (C=O) groups excluding carboxylic acids is 1. The zero-order chi connectivity index (χ0) is 13.8. The van der Waals surface area contributed by atoms with Crippen molar-refractivity contribution in [3.63, 3.8) is 0 Å². The molecule has 1 aromatic heterocycles. The largest absolute Gasteiger partial charge is 0.409 e. The number of carbonyl (C=O) groups is 1. The molecule has 2 heterocycles. The van der Waals surface area contributed by atoms with E-state index < -0.39 is 0 Å². The second-order valence-electron chi connectivity index (χ2n) is 4.78. The molecular formula is C13H18N4O2. The molecule has 0 saturated carbocycles. The van der Waals surface area contributed by atoms with E-state index in [1.807, 2.05) is 6.92 Å². The number of hydrogen-bond acceptors (Lipinski definition) is 4. The molecule has 6 heteroatoms. The fraction of sp³-hybridized carbons (Fsp3) is 0.462. The van der Waals surface area contributed by atoms with Gasteiger partial charge in [-0.25, -0.2) is 0 Å². The summed E-state index contributed by atoms with van der Waals surface area (Å²) in [4.78, 5) is 18.2. The maximum Gasteiger partial charge on any atom is 0.253 e. The highest BCUT2D eigenvalue weighted by Crippen LogP contribution is 2.19. The third kappa shape index (κ3) is 3.01. The van der Waals surface area contributed by atoms with E-state index >= 15 is 0 Å². The van der Waals surface area contributed by atoms with Gasteiger partial charge in [0.2, 0.25) is 0 Å². The number of aromatic nitrogens is 1. The number of nitrogens with two attached hydrogens (primary N) is 1. The topological polar surface area (TPSA) is 91.8 Å². The minimum atomic E-state index is 0.0171. The van der Waals surface area contributed by atoms with Crippen LogP contribution in [-0.4, -0.2) is 39.9 Å². The molecule has 1 aliphatic rings. The summed E-state index contributed by atoms with van der Waals surface area (Å²) in [7, 11) is 0. The maximum atomic E-state index is 12.3. The lowest BCUT2D eigenvalue weighted by Gasteiger charge is -2.31. The molecule has 0 bridgehead atoms. The van der Waals surface area contributed by atoms with E-state index in [2.05, 4.69) is 10.1 Å². The lowest BCUT2D eigenvalue weighted by Crippen LogP contribution is -2.41. The van der Waals surface area contributed by atoms with E-state index in [1.165, 1.54) is 0 Å². The molecule has 0 radical (unpaired) electrons. The molecule has 102 valence electrons. The first-order valence-electron chi connectivity index (χ1n) is 6.31. The van der Waals surface area contributed by atoms with Gasteiger partial charge in [0.15, 0.2) is 0 Å². The maximum absolute atomic E-state index is 12.3. The van der Waals surface area contributed by atoms with E-state index in [-0.39, 0.29) is 17.7 Å². The fourth-order valence-electron chi connectivity index (χ4n) is 2.32. The van der Waals surface area contributed by atoms with Crippen molar-refractivity contribution in [3.05, 3.63) is 29.6 Å². The number of aryl methyl sites for hydroxylation is 1. The molecule has 0 atom stereocenters. The Labute approximate surface area is 111 Å². The summed E-state index contributed by atoms with van der Waals surface area (Å²) in [6.45, 7) is 3.11. The van der Waals surface area contributed by atoms with Crippen LogP contribution in [0.3, 0.4) is 0 Å². The number of pyridine rings is 1. The summed E-state index contributed by atoms with van der Waals surface area (Å²) in [5.41, 5.74) is 7.08. The van der Waals surface area contributed by atoms with Gasteiger partial charge >= 0.3 is 0 Å². The second-order valence-corrected chi connectivity index (χ2v) is 4.78. The second kappa shape index (κ2) is 5.69. The Bertz CT molecular complexity index is 493. The van der Waals surface area contributed by atoms with Crippen molar-refractivity contribution in [2.75, 3.05) is 13.1 Å². The molecule has 0 spiro atoms. The molecule has 1 fully saturated rings. The van der Waals surface area contributed by atoms with E-state index in [0.717, 1.165) is 18.5 Å². The van der Waals surface area contributed by atoms with Crippen LogP contribution < -0.4 is 5.73 Å². The van der Waals surface area contributed by atoms with Gasteiger partial charge in [0, 0.05) is 36.5 Å². The van der Waals surface area contributed by atoms with Gasteiger partial charge < -0.3 is 15.8 Å². The third-order valence-electron chi connectivity index (χ3n) is 3.46. The van der Waals surface area contributed by atoms with Gasteiger partial charge in [-0.3, -0.25) is 9.78 Å². The number of oxime groups is 1. The normalized spacial score (nSPS) is 17.5. The van der Waals surface area contributed by atoms with E-state index in [1.54, 1.807) is 23.2 Å². The van der Waals surface area contributed by atoms with Gasteiger partial charge in [-0.15, -0.1) is 0 Å². The van der Waals surface area contributed by atoms with Crippen LogP contribution in [0.1, 0.15) is 28.9 Å². The summed E-state index contributed by atoms with van der Waals surface area (Å²) >= 11 is 0. The average Bonchev–Trinajstić information content (AvgIpc) is 2.46. The third-order valence-corrected chi connectivity index (χ3v) is 3.46. The molecular weight excluding hydrogens is 244 g/mol. The lowest BCUT2D eigenvalue weighted by molar-refractivity contribution is 0.0709. The molecule has 1 amide bonds. The molecule has 19 heavy (non-hydrogen) atoms. The first-order valence-corrected chi connectivity index (χ1v) is 6.31. The Morgan fingerprint density at radius 2 is 2.21 bits per heavy atom. The number of hydrogen-bond donors (Lipinski definition) is 2. The predicted molar refractivity (Wildman–Crippen MR) is 71.0 cm³/mol. The van der Waals surface area contributed by atoms with Gasteiger partial charge in [0.1, 0.15) is 5.84 Å². The van der Waals surface area contributed by atoms with Crippen molar-refractivity contribution >= 4 is 11.7 Å². The molecule has 3 N–H and O–H groups in total. The number of rotatable bonds is 2. The van der Waals surface area contributed by atoms with Crippen molar-refractivity contribution in [1.29, 1.82) is 0 Å². The van der Waals surface area contributed by atoms with Gasteiger partial charge in [0.25, 0.3) is 5.91 Å². The van der Waals surface area contributed by atoms with Crippen molar-refractivity contribution < 1.29 is 10.0 Å². The SMILES string of the molecule is Cc1cc(C(=O)N2CCC(/C(N)=N/O)CC2)ccn1. The van der Waals surface area contributed by atoms with Crippen LogP contribution in [0.4, 0.5) is 0 Å². The van der Waals surface area contributed by atoms with Crippen LogP contribution in [0.2, 0.25) is 0 Å². The Hall–Kier alpha value is -2.11. The number of amidine groups is 1. The highest BCUT2D eigenvalue weighted by molar-refractivity contribution is 5.94. The Morgan fingerprint density at radius 1 is 1.53 bits per heavy atom. The van der Waals surface area contributed by atoms with Crippen molar-refractivity contribution in [3.8, 4) is 0 Å². The summed E-state index contributed by atoms with van der Waals surface area (Å²) in [5, 5.41) is 11.7. The minimum absolute atomic E-state index is 0.0171. The van der Waals surface area contributed by atoms with Crippen molar-refractivity contribution in [1.82, 2.24) is 9.88 Å². The fourth-order valence-corrected chi connectivity index (χ4v) is 2.32. The zero-order valence-electron chi connectivity index (χ0n) is 10.9. The summed E-state index contributed by atoms with van der Waals surface area (Å²) < 4.78 is 0. The molecule has 6 nitrogen and oxygen atoms in total. The van der Waals surface area contributed by atoms with Crippen molar-refractivity contribution in [2.45, 2.75) is 19.8 Å². The molecule has 1 saturated heterocycles. The molecule has 1 aromatic rings. The van der Waals surface area contributed by atoms with Crippen molar-refractivity contribution in [2.24, 2.45) is 16.8 Å². The standard InChI is InChI=1S/C13H18N4O2/c1-9-8-11(2-5-15-9)13(18)17-6-3-10(4-7-17)12(14)16-19/h2,5,8,10,19H,3-4,6-7H2,1H3,(H2,14,16). The molecule has 0 aromatic carbocycles. The Kier molecular flexibility index (Phi) is 3.99. The highest BCUT2D eigenvalue weighted by atomic mass is 16.4. The monoisotopic (exact) mass is 262 g/mol. The van der Waals surface area contributed by atoms with Crippen LogP contribution in [-0.2, 0) is 0 Å². The minimum Gasteiger partial charge on any atom is -0.409 e. The smallest absolute Gasteiger partial charge is 0.253 e. The molecule has 0 aliphatic carbocycles. The number of amides is 1. The molecule has 1 aliphatic heterocycles. The summed E-state index contributed by atoms with van der Waals surface area (Å²) in [5.74, 6) is 0.337. The quantitative estimate of drug-likeness (QED) is 0.360. The Balaban J connectivity index is 2.00. The van der Waals surface area contributed by atoms with Gasteiger partial charge in [0.05, 0.1) is 0 Å². The Morgan fingerprint density at radius 3 is 2.79 bits per heavy atom. The van der Waals surface area contributed by atoms with Crippen LogP contribution in [0.5, 0.6) is 0 Å². The summed E-state index contributed by atoms with van der Waals surface area (Å²) in [6.07, 6.45) is 3.10. The van der Waals surface area contributed by atoms with E-state index in [4.69, 9.17) is 10.9 Å². The highest BCUT2D eigenvalue weighted by Gasteiger charge is 2.25. The first kappa shape index (κ1) is 13.3. The van der Waals surface area contributed by atoms with Crippen LogP contribution in [0, 0.1) is 12.8 Å². The number of nitrogens with zero attached hydrogens (tertiary/aromatic N) is 3. The van der Waals surface area contributed by atoms with Crippen LogP contribution in [0.25, 0.3) is 0 Å². The van der Waals surface area contributed by atoms with Crippen LogP contribution in [0.15, 0.2) is 23.5 Å². The first-order chi connectivity index (χ1) is 9.11.